The molecule has 0 fully saturated rings. The van der Waals surface area contributed by atoms with Gasteiger partial charge in [-0.2, -0.15) is 13.2 Å². The van der Waals surface area contributed by atoms with Gasteiger partial charge in [0.15, 0.2) is 0 Å². The van der Waals surface area contributed by atoms with Crippen molar-refractivity contribution in [2.45, 2.75) is 36.6 Å². The molecule has 2 amide bonds. The fraction of sp³-hybridized carbons (Fsp3) is 0.278. The van der Waals surface area contributed by atoms with Gasteiger partial charge in [0.05, 0.1) is 10.6 Å². The van der Waals surface area contributed by atoms with Crippen LogP contribution in [0.4, 0.5) is 29.3 Å². The molecule has 0 heterocycles. The van der Waals surface area contributed by atoms with Gasteiger partial charge in [0.25, 0.3) is 0 Å². The summed E-state index contributed by atoms with van der Waals surface area (Å²) in [5.74, 6) is 0. The number of rotatable bonds is 3. The van der Waals surface area contributed by atoms with Crippen LogP contribution >= 0.6 is 23.4 Å². The molecule has 2 N–H and O–H groups in total. The first kappa shape index (κ1) is 20.5. The maximum atomic E-state index is 12.9. The lowest BCUT2D eigenvalue weighted by molar-refractivity contribution is -0.137. The largest absolute Gasteiger partial charge is 0.417 e. The second-order valence-electron chi connectivity index (χ2n) is 6.51. The van der Waals surface area contributed by atoms with Gasteiger partial charge in [-0.05, 0) is 42.5 Å². The SMILES string of the molecule is CC(C)(C)Sc1ccc(NC(=O)Nc2ccc(Cl)c(C(F)(F)F)c2)cc1. The number of nitrogens with one attached hydrogen (secondary N) is 2. The Bertz CT molecular complexity index is 787. The van der Waals surface area contributed by atoms with E-state index in [2.05, 4.69) is 31.4 Å². The van der Waals surface area contributed by atoms with Crippen LogP contribution in [0.5, 0.6) is 0 Å². The Kier molecular flexibility index (Phi) is 6.13. The van der Waals surface area contributed by atoms with E-state index in [0.29, 0.717) is 5.69 Å². The smallest absolute Gasteiger partial charge is 0.308 e. The predicted molar refractivity (Wildman–Crippen MR) is 101 cm³/mol. The van der Waals surface area contributed by atoms with Crippen LogP contribution in [-0.2, 0) is 6.18 Å². The van der Waals surface area contributed by atoms with E-state index in [1.807, 2.05) is 12.1 Å². The molecule has 2 aromatic carbocycles. The Morgan fingerprint density at radius 1 is 0.962 bits per heavy atom. The van der Waals surface area contributed by atoms with Crippen LogP contribution in [0, 0.1) is 0 Å². The number of carbonyl (C=O) groups excluding carboxylic acids is 1. The Morgan fingerprint density at radius 3 is 2.04 bits per heavy atom. The molecule has 0 aliphatic rings. The third-order valence-electron chi connectivity index (χ3n) is 3.07. The number of urea groups is 1. The van der Waals surface area contributed by atoms with E-state index < -0.39 is 22.8 Å². The molecule has 2 aromatic rings. The van der Waals surface area contributed by atoms with E-state index in [1.54, 1.807) is 23.9 Å². The van der Waals surface area contributed by atoms with Crippen LogP contribution in [0.2, 0.25) is 5.02 Å². The lowest BCUT2D eigenvalue weighted by Gasteiger charge is -2.17. The van der Waals surface area contributed by atoms with Gasteiger partial charge in [0.2, 0.25) is 0 Å². The van der Waals surface area contributed by atoms with Gasteiger partial charge in [0, 0.05) is 21.0 Å². The maximum absolute atomic E-state index is 12.9. The van der Waals surface area contributed by atoms with Crippen LogP contribution in [0.3, 0.4) is 0 Å². The molecule has 0 saturated heterocycles. The van der Waals surface area contributed by atoms with E-state index in [1.165, 1.54) is 6.07 Å². The van der Waals surface area contributed by atoms with Crippen molar-refractivity contribution in [3.8, 4) is 0 Å². The van der Waals surface area contributed by atoms with Crippen molar-refractivity contribution in [2.75, 3.05) is 10.6 Å². The molecule has 0 unspecified atom stereocenters. The monoisotopic (exact) mass is 402 g/mol. The number of hydrogen-bond donors (Lipinski definition) is 2. The Labute approximate surface area is 159 Å². The zero-order valence-corrected chi connectivity index (χ0v) is 15.9. The number of amides is 2. The third kappa shape index (κ3) is 6.14. The van der Waals surface area contributed by atoms with Crippen molar-refractivity contribution in [3.63, 3.8) is 0 Å². The van der Waals surface area contributed by atoms with Gasteiger partial charge in [-0.3, -0.25) is 0 Å². The molecular formula is C18H18ClF3N2OS. The summed E-state index contributed by atoms with van der Waals surface area (Å²) in [4.78, 5) is 13.1. The fourth-order valence-electron chi connectivity index (χ4n) is 2.07. The van der Waals surface area contributed by atoms with E-state index >= 15 is 0 Å². The highest BCUT2D eigenvalue weighted by molar-refractivity contribution is 8.00. The quantitative estimate of drug-likeness (QED) is 0.548. The Hall–Kier alpha value is -1.86. The molecule has 0 aromatic heterocycles. The van der Waals surface area contributed by atoms with Crippen molar-refractivity contribution in [2.24, 2.45) is 0 Å². The highest BCUT2D eigenvalue weighted by atomic mass is 35.5. The number of benzene rings is 2. The predicted octanol–water partition coefficient (Wildman–Crippen LogP) is 6.89. The summed E-state index contributed by atoms with van der Waals surface area (Å²) in [5, 5.41) is 4.53. The van der Waals surface area contributed by atoms with Crippen LogP contribution in [0.1, 0.15) is 26.3 Å². The number of carbonyl (C=O) groups is 1. The maximum Gasteiger partial charge on any atom is 0.417 e. The number of hydrogen-bond acceptors (Lipinski definition) is 2. The standard InChI is InChI=1S/C18H18ClF3N2OS/c1-17(2,3)26-13-7-4-11(5-8-13)23-16(25)24-12-6-9-15(19)14(10-12)18(20,21)22/h4-10H,1-3H3,(H2,23,24,25). The third-order valence-corrected chi connectivity index (χ3v) is 4.52. The first-order valence-electron chi connectivity index (χ1n) is 7.68. The van der Waals surface area contributed by atoms with Gasteiger partial charge in [-0.15, -0.1) is 11.8 Å². The summed E-state index contributed by atoms with van der Waals surface area (Å²) < 4.78 is 38.6. The van der Waals surface area contributed by atoms with E-state index in [4.69, 9.17) is 11.6 Å². The summed E-state index contributed by atoms with van der Waals surface area (Å²) in [5.41, 5.74) is -0.467. The summed E-state index contributed by atoms with van der Waals surface area (Å²) in [6, 6.07) is 9.76. The highest BCUT2D eigenvalue weighted by Gasteiger charge is 2.33. The minimum atomic E-state index is -4.59. The van der Waals surface area contributed by atoms with E-state index in [-0.39, 0.29) is 10.4 Å². The van der Waals surface area contributed by atoms with Crippen LogP contribution < -0.4 is 10.6 Å². The molecule has 0 radical (unpaired) electrons. The van der Waals surface area contributed by atoms with Gasteiger partial charge in [-0.25, -0.2) is 4.79 Å². The lowest BCUT2D eigenvalue weighted by atomic mass is 10.2. The van der Waals surface area contributed by atoms with E-state index in [9.17, 15) is 18.0 Å². The van der Waals surface area contributed by atoms with Crippen molar-refractivity contribution in [1.29, 1.82) is 0 Å². The minimum Gasteiger partial charge on any atom is -0.308 e. The fourth-order valence-corrected chi connectivity index (χ4v) is 3.28. The second kappa shape index (κ2) is 7.80. The first-order chi connectivity index (χ1) is 11.9. The molecule has 8 heteroatoms. The second-order valence-corrected chi connectivity index (χ2v) is 8.82. The normalized spacial score (nSPS) is 12.0. The summed E-state index contributed by atoms with van der Waals surface area (Å²) in [6.07, 6.45) is -4.59. The summed E-state index contributed by atoms with van der Waals surface area (Å²) >= 11 is 7.25. The average molecular weight is 403 g/mol. The van der Waals surface area contributed by atoms with Gasteiger partial charge in [-0.1, -0.05) is 32.4 Å². The molecule has 0 atom stereocenters. The Morgan fingerprint density at radius 2 is 1.50 bits per heavy atom. The van der Waals surface area contributed by atoms with Gasteiger partial charge in [0.1, 0.15) is 0 Å². The van der Waals surface area contributed by atoms with Crippen molar-refractivity contribution < 1.29 is 18.0 Å². The van der Waals surface area contributed by atoms with Gasteiger partial charge >= 0.3 is 12.2 Å². The van der Waals surface area contributed by atoms with Crippen molar-refractivity contribution in [3.05, 3.63) is 53.1 Å². The highest BCUT2D eigenvalue weighted by Crippen LogP contribution is 2.36. The summed E-state index contributed by atoms with van der Waals surface area (Å²) in [6.45, 7) is 6.29. The lowest BCUT2D eigenvalue weighted by Crippen LogP contribution is -2.20. The molecule has 0 aliphatic heterocycles. The van der Waals surface area contributed by atoms with Crippen LogP contribution in [0.15, 0.2) is 47.4 Å². The Balaban J connectivity index is 2.03. The molecule has 3 nitrogen and oxygen atoms in total. The minimum absolute atomic E-state index is 0.000803. The number of alkyl halides is 3. The number of thioether (sulfide) groups is 1. The molecule has 26 heavy (non-hydrogen) atoms. The molecule has 0 bridgehead atoms. The van der Waals surface area contributed by atoms with Crippen LogP contribution in [0.25, 0.3) is 0 Å². The van der Waals surface area contributed by atoms with E-state index in [0.717, 1.165) is 17.0 Å². The van der Waals surface area contributed by atoms with Gasteiger partial charge < -0.3 is 10.6 Å². The molecule has 140 valence electrons. The zero-order chi connectivity index (χ0) is 19.5. The topological polar surface area (TPSA) is 41.1 Å². The molecule has 0 saturated carbocycles. The number of halogens is 4. The molecule has 0 aliphatic carbocycles. The zero-order valence-electron chi connectivity index (χ0n) is 14.4. The van der Waals surface area contributed by atoms with Crippen molar-refractivity contribution >= 4 is 40.8 Å². The number of anilines is 2. The molecular weight excluding hydrogens is 385 g/mol. The molecule has 2 rings (SSSR count). The summed E-state index contributed by atoms with van der Waals surface area (Å²) in [7, 11) is 0. The average Bonchev–Trinajstić information content (AvgIpc) is 2.48. The first-order valence-corrected chi connectivity index (χ1v) is 8.87. The van der Waals surface area contributed by atoms with Crippen LogP contribution in [-0.4, -0.2) is 10.8 Å². The van der Waals surface area contributed by atoms with Crippen molar-refractivity contribution in [1.82, 2.24) is 0 Å². The molecule has 0 spiro atoms.